The molecule has 0 saturated carbocycles. The molecule has 0 radical (unpaired) electrons. The predicted octanol–water partition coefficient (Wildman–Crippen LogP) is 1.69. The Morgan fingerprint density at radius 1 is 1.38 bits per heavy atom. The molecule has 1 amide bonds. The number of nitrogens with two attached hydrogens (primary N) is 1. The lowest BCUT2D eigenvalue weighted by Crippen LogP contribution is -2.45. The molecule has 0 saturated heterocycles. The predicted molar refractivity (Wildman–Crippen MR) is 94.7 cm³/mol. The highest BCUT2D eigenvalue weighted by Crippen LogP contribution is 2.17. The van der Waals surface area contributed by atoms with Crippen molar-refractivity contribution in [3.05, 3.63) is 24.3 Å². The number of carbonyl (C=O) groups excluding carboxylic acids is 1. The van der Waals surface area contributed by atoms with Gasteiger partial charge in [-0.25, -0.2) is 8.42 Å². The van der Waals surface area contributed by atoms with E-state index in [0.717, 1.165) is 12.7 Å². The van der Waals surface area contributed by atoms with Gasteiger partial charge in [-0.15, -0.1) is 0 Å². The molecule has 24 heavy (non-hydrogen) atoms. The molecular formula is C17H28N2O4S. The van der Waals surface area contributed by atoms with E-state index in [4.69, 9.17) is 10.5 Å². The molecule has 1 rings (SSSR count). The molecule has 2 unspecified atom stereocenters. The van der Waals surface area contributed by atoms with Gasteiger partial charge >= 0.3 is 0 Å². The first-order valence-corrected chi connectivity index (χ1v) is 9.99. The Morgan fingerprint density at radius 3 is 2.62 bits per heavy atom. The van der Waals surface area contributed by atoms with Crippen molar-refractivity contribution in [1.82, 2.24) is 4.90 Å². The van der Waals surface area contributed by atoms with Crippen LogP contribution in [-0.2, 0) is 14.6 Å². The van der Waals surface area contributed by atoms with Gasteiger partial charge in [0.15, 0.2) is 9.84 Å². The molecule has 0 aliphatic heterocycles. The van der Waals surface area contributed by atoms with E-state index in [1.54, 1.807) is 24.1 Å². The van der Waals surface area contributed by atoms with Crippen LogP contribution in [0.2, 0.25) is 0 Å². The standard InChI is InChI=1S/C17H28N2O4S/c1-5-13(2)16(18)17(20)19(3)10-7-11-23-14-8-6-9-15(12-14)24(4,21)22/h6,8-9,12-13,16H,5,7,10-11,18H2,1-4H3. The maximum absolute atomic E-state index is 12.2. The van der Waals surface area contributed by atoms with Crippen LogP contribution in [0.5, 0.6) is 5.75 Å². The number of sulfone groups is 1. The van der Waals surface area contributed by atoms with Gasteiger partial charge in [0.2, 0.25) is 5.91 Å². The van der Waals surface area contributed by atoms with E-state index in [9.17, 15) is 13.2 Å². The average Bonchev–Trinajstić information content (AvgIpc) is 2.55. The van der Waals surface area contributed by atoms with Gasteiger partial charge in [-0.2, -0.15) is 0 Å². The second-order valence-corrected chi connectivity index (χ2v) is 8.14. The second-order valence-electron chi connectivity index (χ2n) is 6.12. The summed E-state index contributed by atoms with van der Waals surface area (Å²) >= 11 is 0. The van der Waals surface area contributed by atoms with Crippen molar-refractivity contribution in [2.45, 2.75) is 37.6 Å². The van der Waals surface area contributed by atoms with Crippen LogP contribution in [0.15, 0.2) is 29.2 Å². The number of amides is 1. The third-order valence-electron chi connectivity index (χ3n) is 4.06. The Morgan fingerprint density at radius 2 is 2.04 bits per heavy atom. The topological polar surface area (TPSA) is 89.7 Å². The molecule has 6 nitrogen and oxygen atoms in total. The van der Waals surface area contributed by atoms with E-state index in [1.165, 1.54) is 12.1 Å². The lowest BCUT2D eigenvalue weighted by molar-refractivity contribution is -0.132. The minimum absolute atomic E-state index is 0.0663. The van der Waals surface area contributed by atoms with Gasteiger partial charge in [-0.05, 0) is 30.5 Å². The van der Waals surface area contributed by atoms with Crippen LogP contribution >= 0.6 is 0 Å². The summed E-state index contributed by atoms with van der Waals surface area (Å²) in [6.45, 7) is 4.91. The fourth-order valence-electron chi connectivity index (χ4n) is 2.15. The second kappa shape index (κ2) is 9.03. The lowest BCUT2D eigenvalue weighted by Gasteiger charge is -2.24. The molecule has 0 fully saturated rings. The summed E-state index contributed by atoms with van der Waals surface area (Å²) in [7, 11) is -1.52. The van der Waals surface area contributed by atoms with Crippen molar-refractivity contribution >= 4 is 15.7 Å². The van der Waals surface area contributed by atoms with Gasteiger partial charge in [-0.3, -0.25) is 4.79 Å². The lowest BCUT2D eigenvalue weighted by atomic mass is 9.99. The van der Waals surface area contributed by atoms with Gasteiger partial charge in [0, 0.05) is 19.8 Å². The Kier molecular flexibility index (Phi) is 7.69. The van der Waals surface area contributed by atoms with E-state index < -0.39 is 15.9 Å². The van der Waals surface area contributed by atoms with Gasteiger partial charge in [0.05, 0.1) is 17.5 Å². The molecule has 2 atom stereocenters. The first-order chi connectivity index (χ1) is 11.2. The van der Waals surface area contributed by atoms with Crippen LogP contribution in [0.3, 0.4) is 0 Å². The molecule has 1 aromatic rings. The number of rotatable bonds is 9. The van der Waals surface area contributed by atoms with Gasteiger partial charge < -0.3 is 15.4 Å². The molecule has 0 bridgehead atoms. The zero-order valence-electron chi connectivity index (χ0n) is 14.9. The summed E-state index contributed by atoms with van der Waals surface area (Å²) in [5.74, 6) is 0.585. The Bertz CT molecular complexity index is 646. The van der Waals surface area contributed by atoms with E-state index in [0.29, 0.717) is 25.3 Å². The number of ether oxygens (including phenoxy) is 1. The quantitative estimate of drug-likeness (QED) is 0.680. The van der Waals surface area contributed by atoms with Crippen molar-refractivity contribution < 1.29 is 17.9 Å². The van der Waals surface area contributed by atoms with E-state index >= 15 is 0 Å². The fourth-order valence-corrected chi connectivity index (χ4v) is 2.80. The summed E-state index contributed by atoms with van der Waals surface area (Å²) < 4.78 is 28.6. The summed E-state index contributed by atoms with van der Waals surface area (Å²) in [4.78, 5) is 14.0. The highest BCUT2D eigenvalue weighted by Gasteiger charge is 2.22. The van der Waals surface area contributed by atoms with Gasteiger partial charge in [0.25, 0.3) is 0 Å². The number of nitrogens with zero attached hydrogens (tertiary/aromatic N) is 1. The minimum atomic E-state index is -3.25. The van der Waals surface area contributed by atoms with Gasteiger partial charge in [0.1, 0.15) is 5.75 Å². The van der Waals surface area contributed by atoms with Crippen molar-refractivity contribution in [2.24, 2.45) is 11.7 Å². The molecule has 0 spiro atoms. The van der Waals surface area contributed by atoms with Crippen molar-refractivity contribution in [1.29, 1.82) is 0 Å². The molecule has 0 aliphatic rings. The summed E-state index contributed by atoms with van der Waals surface area (Å²) in [6.07, 6.45) is 2.66. The largest absolute Gasteiger partial charge is 0.493 e. The van der Waals surface area contributed by atoms with Crippen molar-refractivity contribution in [3.8, 4) is 5.75 Å². The number of hydrogen-bond donors (Lipinski definition) is 1. The number of carbonyl (C=O) groups is 1. The zero-order chi connectivity index (χ0) is 18.3. The minimum Gasteiger partial charge on any atom is -0.493 e. The monoisotopic (exact) mass is 356 g/mol. The van der Waals surface area contributed by atoms with E-state index in [1.807, 2.05) is 13.8 Å². The third kappa shape index (κ3) is 6.13. The molecule has 7 heteroatoms. The normalized spacial score (nSPS) is 14.0. The third-order valence-corrected chi connectivity index (χ3v) is 5.17. The number of benzene rings is 1. The molecule has 136 valence electrons. The first-order valence-electron chi connectivity index (χ1n) is 8.10. The van der Waals surface area contributed by atoms with Crippen molar-refractivity contribution in [2.75, 3.05) is 26.5 Å². The molecule has 0 aromatic heterocycles. The highest BCUT2D eigenvalue weighted by atomic mass is 32.2. The smallest absolute Gasteiger partial charge is 0.239 e. The Labute approximate surface area is 144 Å². The van der Waals surface area contributed by atoms with Crippen LogP contribution in [0.4, 0.5) is 0 Å². The summed E-state index contributed by atoms with van der Waals surface area (Å²) in [5.41, 5.74) is 5.95. The van der Waals surface area contributed by atoms with Crippen molar-refractivity contribution in [3.63, 3.8) is 0 Å². The fraction of sp³-hybridized carbons (Fsp3) is 0.588. The highest BCUT2D eigenvalue weighted by molar-refractivity contribution is 7.90. The maximum Gasteiger partial charge on any atom is 0.239 e. The Hall–Kier alpha value is -1.60. The van der Waals surface area contributed by atoms with Crippen LogP contribution in [0, 0.1) is 5.92 Å². The number of hydrogen-bond acceptors (Lipinski definition) is 5. The first kappa shape index (κ1) is 20.4. The average molecular weight is 356 g/mol. The summed E-state index contributed by atoms with van der Waals surface area (Å²) in [5, 5.41) is 0. The van der Waals surface area contributed by atoms with E-state index in [2.05, 4.69) is 0 Å². The maximum atomic E-state index is 12.2. The molecular weight excluding hydrogens is 328 g/mol. The molecule has 1 aromatic carbocycles. The van der Waals surface area contributed by atoms with Crippen LogP contribution in [0.25, 0.3) is 0 Å². The molecule has 2 N–H and O–H groups in total. The van der Waals surface area contributed by atoms with Crippen LogP contribution in [-0.4, -0.2) is 51.7 Å². The van der Waals surface area contributed by atoms with Gasteiger partial charge in [-0.1, -0.05) is 26.3 Å². The summed E-state index contributed by atoms with van der Waals surface area (Å²) in [6, 6.07) is 5.91. The number of likely N-dealkylation sites (N-methyl/N-ethyl adjacent to an activating group) is 1. The molecule has 0 heterocycles. The van der Waals surface area contributed by atoms with Crippen LogP contribution < -0.4 is 10.5 Å². The van der Waals surface area contributed by atoms with Crippen LogP contribution in [0.1, 0.15) is 26.7 Å². The Balaban J connectivity index is 2.45. The molecule has 0 aliphatic carbocycles. The SMILES string of the molecule is CCC(C)C(N)C(=O)N(C)CCCOc1cccc(S(C)(=O)=O)c1. The van der Waals surface area contributed by atoms with E-state index in [-0.39, 0.29) is 16.7 Å². The zero-order valence-corrected chi connectivity index (χ0v) is 15.7.